The Hall–Kier alpha value is -4.27. The fourth-order valence-electron chi connectivity index (χ4n) is 6.12. The van der Waals surface area contributed by atoms with Gasteiger partial charge in [0.15, 0.2) is 0 Å². The van der Waals surface area contributed by atoms with Gasteiger partial charge in [-0.05, 0) is 77.7 Å². The maximum Gasteiger partial charge on any atom is 0.247 e. The molecule has 0 bridgehead atoms. The van der Waals surface area contributed by atoms with Crippen LogP contribution in [0.4, 0.5) is 0 Å². The normalized spacial score (nSPS) is 16.5. The lowest BCUT2D eigenvalue weighted by Crippen LogP contribution is -2.33. The number of likely N-dealkylation sites (tertiary alicyclic amines) is 1. The third-order valence-corrected chi connectivity index (χ3v) is 9.12. The van der Waals surface area contributed by atoms with E-state index in [0.29, 0.717) is 5.89 Å². The Bertz CT molecular complexity index is 1990. The number of H-pyrrole nitrogens is 1. The Morgan fingerprint density at radius 1 is 1.02 bits per heavy atom. The number of aryl methyl sites for hydroxylation is 1. The summed E-state index contributed by atoms with van der Waals surface area (Å²) < 4.78 is 9.53. The van der Waals surface area contributed by atoms with Gasteiger partial charge in [0.05, 0.1) is 11.4 Å². The highest BCUT2D eigenvalue weighted by molar-refractivity contribution is 7.17. The molecule has 3 aromatic carbocycles. The van der Waals surface area contributed by atoms with Gasteiger partial charge in [-0.2, -0.15) is 5.10 Å². The van der Waals surface area contributed by atoms with Gasteiger partial charge in [-0.15, -0.1) is 21.5 Å². The number of benzene rings is 3. The third-order valence-electron chi connectivity index (χ3n) is 8.11. The molecule has 0 saturated carbocycles. The average molecular weight is 545 g/mol. The summed E-state index contributed by atoms with van der Waals surface area (Å²) in [6, 6.07) is 21.4. The molecule has 7 nitrogen and oxygen atoms in total. The number of rotatable bonds is 5. The number of nitrogens with zero attached hydrogens (tertiary/aromatic N) is 5. The van der Waals surface area contributed by atoms with Crippen LogP contribution in [0, 0.1) is 0 Å². The van der Waals surface area contributed by atoms with Crippen LogP contribution in [0.5, 0.6) is 0 Å². The van der Waals surface area contributed by atoms with Crippen molar-refractivity contribution >= 4 is 43.2 Å². The topological polar surface area (TPSA) is 75.8 Å². The van der Waals surface area contributed by atoms with Crippen molar-refractivity contribution in [3.63, 3.8) is 0 Å². The summed E-state index contributed by atoms with van der Waals surface area (Å²) >= 11 is 1.83. The van der Waals surface area contributed by atoms with Crippen molar-refractivity contribution in [2.45, 2.75) is 25.3 Å². The lowest BCUT2D eigenvalue weighted by atomic mass is 9.97. The van der Waals surface area contributed by atoms with E-state index in [-0.39, 0.29) is 5.92 Å². The number of nitrogens with one attached hydrogen (secondary N) is 1. The molecule has 198 valence electrons. The predicted molar refractivity (Wildman–Crippen MR) is 160 cm³/mol. The Labute approximate surface area is 235 Å². The van der Waals surface area contributed by atoms with Gasteiger partial charge in [-0.1, -0.05) is 24.3 Å². The molecule has 5 heterocycles. The second-order valence-electron chi connectivity index (χ2n) is 10.8. The molecule has 0 aliphatic carbocycles. The highest BCUT2D eigenvalue weighted by Crippen LogP contribution is 2.35. The molecule has 1 fully saturated rings. The first-order valence-corrected chi connectivity index (χ1v) is 14.6. The van der Waals surface area contributed by atoms with Crippen LogP contribution in [-0.4, -0.2) is 43.0 Å². The van der Waals surface area contributed by atoms with Crippen molar-refractivity contribution in [1.82, 2.24) is 29.9 Å². The quantitative estimate of drug-likeness (QED) is 0.245. The first kappa shape index (κ1) is 23.6. The zero-order valence-corrected chi connectivity index (χ0v) is 23.0. The lowest BCUT2D eigenvalue weighted by Gasteiger charge is -2.30. The van der Waals surface area contributed by atoms with Crippen molar-refractivity contribution in [3.8, 4) is 22.6 Å². The zero-order valence-electron chi connectivity index (χ0n) is 22.2. The maximum atomic E-state index is 6.33. The first-order chi connectivity index (χ1) is 19.7. The number of fused-ring (bicyclic) bond motifs is 3. The molecule has 0 radical (unpaired) electrons. The molecule has 4 aromatic heterocycles. The molecule has 40 heavy (non-hydrogen) atoms. The Morgan fingerprint density at radius 3 is 2.92 bits per heavy atom. The van der Waals surface area contributed by atoms with Crippen LogP contribution in [0.3, 0.4) is 0 Å². The highest BCUT2D eigenvalue weighted by Gasteiger charge is 2.27. The van der Waals surface area contributed by atoms with Gasteiger partial charge < -0.3 is 9.40 Å². The van der Waals surface area contributed by atoms with Crippen molar-refractivity contribution in [2.75, 3.05) is 13.1 Å². The molecule has 0 spiro atoms. The summed E-state index contributed by atoms with van der Waals surface area (Å²) in [7, 11) is 1.95. The smallest absolute Gasteiger partial charge is 0.247 e. The predicted octanol–water partition coefficient (Wildman–Crippen LogP) is 7.37. The van der Waals surface area contributed by atoms with Gasteiger partial charge in [-0.25, -0.2) is 0 Å². The van der Waals surface area contributed by atoms with E-state index in [9.17, 15) is 0 Å². The molecule has 8 rings (SSSR count). The van der Waals surface area contributed by atoms with Crippen LogP contribution < -0.4 is 0 Å². The summed E-state index contributed by atoms with van der Waals surface area (Å²) in [5.41, 5.74) is 6.71. The van der Waals surface area contributed by atoms with Gasteiger partial charge in [-0.3, -0.25) is 9.58 Å². The van der Waals surface area contributed by atoms with Crippen molar-refractivity contribution in [2.24, 2.45) is 7.05 Å². The van der Waals surface area contributed by atoms with Gasteiger partial charge in [0.1, 0.15) is 0 Å². The number of piperidine rings is 1. The fourth-order valence-corrected chi connectivity index (χ4v) is 7.08. The van der Waals surface area contributed by atoms with Crippen LogP contribution in [0.25, 0.3) is 54.5 Å². The Balaban J connectivity index is 1.05. The van der Waals surface area contributed by atoms with Gasteiger partial charge >= 0.3 is 0 Å². The molecule has 0 amide bonds. The third kappa shape index (κ3) is 4.11. The van der Waals surface area contributed by atoms with E-state index < -0.39 is 0 Å². The number of aromatic amines is 1. The van der Waals surface area contributed by atoms with Crippen LogP contribution in [-0.2, 0) is 13.6 Å². The van der Waals surface area contributed by atoms with Crippen molar-refractivity contribution in [1.29, 1.82) is 0 Å². The fraction of sp³-hybridized carbons (Fsp3) is 0.219. The van der Waals surface area contributed by atoms with Gasteiger partial charge in [0.25, 0.3) is 0 Å². The van der Waals surface area contributed by atoms with E-state index in [1.165, 1.54) is 15.6 Å². The summed E-state index contributed by atoms with van der Waals surface area (Å²) in [6.07, 6.45) is 6.32. The molecule has 0 unspecified atom stereocenters. The SMILES string of the molecule is Cn1cc2cc(-c3c[nH]c4ccc(-c5nnc([C@@H]6CCCN(Cc7csc8ccccc78)C6)o5)cc34)ccc2n1. The second-order valence-corrected chi connectivity index (χ2v) is 11.7. The summed E-state index contributed by atoms with van der Waals surface area (Å²) in [4.78, 5) is 5.95. The van der Waals surface area contributed by atoms with E-state index in [2.05, 4.69) is 97.4 Å². The molecule has 8 heteroatoms. The largest absolute Gasteiger partial charge is 0.420 e. The Kier molecular flexibility index (Phi) is 5.56. The highest BCUT2D eigenvalue weighted by atomic mass is 32.1. The molecule has 1 aliphatic heterocycles. The van der Waals surface area contributed by atoms with E-state index in [4.69, 9.17) is 4.42 Å². The minimum absolute atomic E-state index is 0.248. The molecule has 7 aromatic rings. The molecular weight excluding hydrogens is 516 g/mol. The van der Waals surface area contributed by atoms with Crippen molar-refractivity contribution in [3.05, 3.63) is 89.9 Å². The van der Waals surface area contributed by atoms with Crippen LogP contribution in [0.1, 0.15) is 30.2 Å². The first-order valence-electron chi connectivity index (χ1n) is 13.7. The monoisotopic (exact) mass is 544 g/mol. The van der Waals surface area contributed by atoms with Crippen molar-refractivity contribution < 1.29 is 4.42 Å². The molecule has 1 aliphatic rings. The minimum atomic E-state index is 0.248. The van der Waals surface area contributed by atoms with Crippen LogP contribution in [0.15, 0.2) is 82.9 Å². The molecule has 1 N–H and O–H groups in total. The average Bonchev–Trinajstić information content (AvgIpc) is 3.78. The Morgan fingerprint density at radius 2 is 1.95 bits per heavy atom. The number of hydrogen-bond donors (Lipinski definition) is 1. The number of thiophene rings is 1. The summed E-state index contributed by atoms with van der Waals surface area (Å²) in [5.74, 6) is 1.57. The minimum Gasteiger partial charge on any atom is -0.420 e. The van der Waals surface area contributed by atoms with E-state index in [0.717, 1.165) is 76.9 Å². The molecule has 1 saturated heterocycles. The summed E-state index contributed by atoms with van der Waals surface area (Å²) in [5, 5.41) is 19.4. The van der Waals surface area contributed by atoms with E-state index in [1.807, 2.05) is 29.3 Å². The standard InChI is InChI=1S/C32H28N6OS/c1-37-16-23-13-20(8-10-28(23)36-37)27-15-33-29-11-9-21(14-26(27)29)31-34-35-32(39-31)22-5-4-12-38(17-22)18-24-19-40-30-7-3-2-6-25(24)30/h2-3,6-11,13-16,19,22,33H,4-5,12,17-18H2,1H3/t22-/m1/s1. The zero-order chi connectivity index (χ0) is 26.6. The molecular formula is C32H28N6OS. The second kappa shape index (κ2) is 9.43. The number of hydrogen-bond acceptors (Lipinski definition) is 6. The molecule has 1 atom stereocenters. The van der Waals surface area contributed by atoms with Gasteiger partial charge in [0, 0.05) is 64.6 Å². The maximum absolute atomic E-state index is 6.33. The lowest BCUT2D eigenvalue weighted by molar-refractivity contribution is 0.187. The van der Waals surface area contributed by atoms with E-state index >= 15 is 0 Å². The van der Waals surface area contributed by atoms with Crippen LogP contribution >= 0.6 is 11.3 Å². The number of aromatic nitrogens is 5. The van der Waals surface area contributed by atoms with E-state index in [1.54, 1.807) is 0 Å². The van der Waals surface area contributed by atoms with Crippen LogP contribution in [0.2, 0.25) is 0 Å². The van der Waals surface area contributed by atoms with Gasteiger partial charge in [0.2, 0.25) is 11.8 Å². The summed E-state index contributed by atoms with van der Waals surface area (Å²) in [6.45, 7) is 2.99.